The lowest BCUT2D eigenvalue weighted by Crippen LogP contribution is -2.19. The van der Waals surface area contributed by atoms with Gasteiger partial charge in [-0.2, -0.15) is 0 Å². The molecule has 1 atom stereocenters. The van der Waals surface area contributed by atoms with Crippen molar-refractivity contribution in [3.8, 4) is 5.75 Å². The van der Waals surface area contributed by atoms with E-state index in [9.17, 15) is 9.59 Å². The Kier molecular flexibility index (Phi) is 6.03. The molecule has 5 nitrogen and oxygen atoms in total. The zero-order valence-electron chi connectivity index (χ0n) is 12.2. The van der Waals surface area contributed by atoms with Gasteiger partial charge in [0.1, 0.15) is 5.75 Å². The zero-order valence-corrected chi connectivity index (χ0v) is 12.2. The summed E-state index contributed by atoms with van der Waals surface area (Å²) in [4.78, 5) is 23.1. The van der Waals surface area contributed by atoms with Crippen LogP contribution in [0.25, 0.3) is 0 Å². The van der Waals surface area contributed by atoms with Crippen molar-refractivity contribution in [1.29, 1.82) is 0 Å². The minimum Gasteiger partial charge on any atom is -0.491 e. The molecule has 0 saturated carbocycles. The molecule has 0 N–H and O–H groups in total. The number of methoxy groups -OCH3 is 2. The fourth-order valence-electron chi connectivity index (χ4n) is 1.78. The first-order valence-corrected chi connectivity index (χ1v) is 6.39. The Balaban J connectivity index is 2.90. The van der Waals surface area contributed by atoms with E-state index in [4.69, 9.17) is 9.47 Å². The third-order valence-corrected chi connectivity index (χ3v) is 2.74. The van der Waals surface area contributed by atoms with E-state index < -0.39 is 17.9 Å². The maximum Gasteiger partial charge on any atom is 0.313 e. The molecule has 1 aromatic rings. The molecule has 110 valence electrons. The summed E-state index contributed by atoms with van der Waals surface area (Å²) in [5.74, 6) is -0.873. The van der Waals surface area contributed by atoms with Crippen molar-refractivity contribution in [2.45, 2.75) is 32.3 Å². The molecule has 0 spiro atoms. The molecule has 0 bridgehead atoms. The number of esters is 2. The molecule has 0 aliphatic rings. The fourth-order valence-corrected chi connectivity index (χ4v) is 1.78. The molecule has 0 radical (unpaired) electrons. The number of carbonyl (C=O) groups is 2. The predicted molar refractivity (Wildman–Crippen MR) is 73.6 cm³/mol. The van der Waals surface area contributed by atoms with Crippen molar-refractivity contribution in [1.82, 2.24) is 0 Å². The number of hydrogen-bond donors (Lipinski definition) is 0. The first kappa shape index (κ1) is 16.0. The van der Waals surface area contributed by atoms with Crippen molar-refractivity contribution in [2.24, 2.45) is 0 Å². The lowest BCUT2D eigenvalue weighted by molar-refractivity contribution is -0.149. The van der Waals surface area contributed by atoms with Gasteiger partial charge in [-0.25, -0.2) is 0 Å². The SMILES string of the molecule is COC(=O)CC(C(=O)OC)c1ccc(OC(C)C)cc1. The molecule has 1 aromatic carbocycles. The average molecular weight is 280 g/mol. The van der Waals surface area contributed by atoms with E-state index in [1.807, 2.05) is 13.8 Å². The van der Waals surface area contributed by atoms with Crippen LogP contribution in [0.4, 0.5) is 0 Å². The van der Waals surface area contributed by atoms with Crippen molar-refractivity contribution < 1.29 is 23.8 Å². The maximum atomic E-state index is 11.8. The van der Waals surface area contributed by atoms with Crippen LogP contribution in [0.2, 0.25) is 0 Å². The van der Waals surface area contributed by atoms with E-state index in [0.29, 0.717) is 11.3 Å². The van der Waals surface area contributed by atoms with E-state index in [2.05, 4.69) is 4.74 Å². The second-order valence-electron chi connectivity index (χ2n) is 4.59. The van der Waals surface area contributed by atoms with Gasteiger partial charge in [0.05, 0.1) is 32.7 Å². The Morgan fingerprint density at radius 1 is 1.05 bits per heavy atom. The van der Waals surface area contributed by atoms with Gasteiger partial charge >= 0.3 is 11.9 Å². The highest BCUT2D eigenvalue weighted by Crippen LogP contribution is 2.24. The van der Waals surface area contributed by atoms with Crippen LogP contribution in [0.1, 0.15) is 31.7 Å². The molecule has 0 fully saturated rings. The molecule has 0 amide bonds. The minimum absolute atomic E-state index is 0.0481. The third-order valence-electron chi connectivity index (χ3n) is 2.74. The first-order chi connectivity index (χ1) is 9.47. The molecule has 0 saturated heterocycles. The van der Waals surface area contributed by atoms with Crippen LogP contribution in [-0.4, -0.2) is 32.3 Å². The van der Waals surface area contributed by atoms with Gasteiger partial charge in [-0.05, 0) is 31.5 Å². The average Bonchev–Trinajstić information content (AvgIpc) is 2.44. The van der Waals surface area contributed by atoms with E-state index in [1.54, 1.807) is 24.3 Å². The molecule has 1 rings (SSSR count). The van der Waals surface area contributed by atoms with Gasteiger partial charge in [-0.3, -0.25) is 9.59 Å². The van der Waals surface area contributed by atoms with Gasteiger partial charge in [0.2, 0.25) is 0 Å². The summed E-state index contributed by atoms with van der Waals surface area (Å²) in [5, 5.41) is 0. The largest absolute Gasteiger partial charge is 0.491 e. The van der Waals surface area contributed by atoms with Gasteiger partial charge in [0.25, 0.3) is 0 Å². The third kappa shape index (κ3) is 4.57. The summed E-state index contributed by atoms with van der Waals surface area (Å²) in [5.41, 5.74) is 0.693. The summed E-state index contributed by atoms with van der Waals surface area (Å²) in [7, 11) is 2.58. The molecule has 0 aliphatic heterocycles. The number of hydrogen-bond acceptors (Lipinski definition) is 5. The standard InChI is InChI=1S/C15H20O5/c1-10(2)20-12-7-5-11(6-8-12)13(15(17)19-4)9-14(16)18-3/h5-8,10,13H,9H2,1-4H3. The number of rotatable bonds is 6. The van der Waals surface area contributed by atoms with E-state index in [1.165, 1.54) is 14.2 Å². The molecule has 5 heteroatoms. The molecule has 0 aromatic heterocycles. The van der Waals surface area contributed by atoms with Gasteiger partial charge in [0, 0.05) is 0 Å². The van der Waals surface area contributed by atoms with Gasteiger partial charge < -0.3 is 14.2 Å². The maximum absolute atomic E-state index is 11.8. The summed E-state index contributed by atoms with van der Waals surface area (Å²) in [6.07, 6.45) is 0.0282. The van der Waals surface area contributed by atoms with Crippen LogP contribution in [0, 0.1) is 0 Å². The Labute approximate surface area is 118 Å². The smallest absolute Gasteiger partial charge is 0.313 e. The lowest BCUT2D eigenvalue weighted by Gasteiger charge is -2.15. The van der Waals surface area contributed by atoms with Crippen LogP contribution in [0.15, 0.2) is 24.3 Å². The summed E-state index contributed by atoms with van der Waals surface area (Å²) in [6, 6.07) is 7.04. The molecular formula is C15H20O5. The first-order valence-electron chi connectivity index (χ1n) is 6.39. The quantitative estimate of drug-likeness (QED) is 0.748. The highest BCUT2D eigenvalue weighted by atomic mass is 16.5. The second kappa shape index (κ2) is 7.53. The molecule has 0 aliphatic carbocycles. The Morgan fingerprint density at radius 3 is 2.10 bits per heavy atom. The Bertz CT molecular complexity index is 450. The second-order valence-corrected chi connectivity index (χ2v) is 4.59. The lowest BCUT2D eigenvalue weighted by atomic mass is 9.96. The van der Waals surface area contributed by atoms with Gasteiger partial charge in [-0.15, -0.1) is 0 Å². The van der Waals surface area contributed by atoms with E-state index in [-0.39, 0.29) is 12.5 Å². The fraction of sp³-hybridized carbons (Fsp3) is 0.467. The Hall–Kier alpha value is -2.04. The predicted octanol–water partition coefficient (Wildman–Crippen LogP) is 2.29. The van der Waals surface area contributed by atoms with Crippen LogP contribution < -0.4 is 4.74 Å². The number of ether oxygens (including phenoxy) is 3. The van der Waals surface area contributed by atoms with Gasteiger partial charge in [-0.1, -0.05) is 12.1 Å². The topological polar surface area (TPSA) is 61.8 Å². The normalized spacial score (nSPS) is 11.8. The van der Waals surface area contributed by atoms with Gasteiger partial charge in [0.15, 0.2) is 0 Å². The summed E-state index contributed by atoms with van der Waals surface area (Å²) in [6.45, 7) is 3.87. The zero-order chi connectivity index (χ0) is 15.1. The van der Waals surface area contributed by atoms with Crippen molar-refractivity contribution >= 4 is 11.9 Å². The molecular weight excluding hydrogens is 260 g/mol. The number of benzene rings is 1. The van der Waals surface area contributed by atoms with Crippen molar-refractivity contribution in [3.05, 3.63) is 29.8 Å². The number of carbonyl (C=O) groups excluding carboxylic acids is 2. The van der Waals surface area contributed by atoms with Crippen LogP contribution in [-0.2, 0) is 19.1 Å². The van der Waals surface area contributed by atoms with E-state index >= 15 is 0 Å². The van der Waals surface area contributed by atoms with Crippen LogP contribution >= 0.6 is 0 Å². The van der Waals surface area contributed by atoms with Crippen LogP contribution in [0.5, 0.6) is 5.75 Å². The molecule has 20 heavy (non-hydrogen) atoms. The summed E-state index contributed by atoms with van der Waals surface area (Å²) >= 11 is 0. The summed E-state index contributed by atoms with van der Waals surface area (Å²) < 4.78 is 14.9. The highest BCUT2D eigenvalue weighted by molar-refractivity contribution is 5.84. The van der Waals surface area contributed by atoms with Crippen molar-refractivity contribution in [2.75, 3.05) is 14.2 Å². The monoisotopic (exact) mass is 280 g/mol. The highest BCUT2D eigenvalue weighted by Gasteiger charge is 2.25. The van der Waals surface area contributed by atoms with Crippen LogP contribution in [0.3, 0.4) is 0 Å². The molecule has 0 heterocycles. The Morgan fingerprint density at radius 2 is 1.65 bits per heavy atom. The van der Waals surface area contributed by atoms with Crippen molar-refractivity contribution in [3.63, 3.8) is 0 Å². The minimum atomic E-state index is -0.666. The van der Waals surface area contributed by atoms with E-state index in [0.717, 1.165) is 0 Å². The molecule has 1 unspecified atom stereocenters.